The zero-order valence-corrected chi connectivity index (χ0v) is 12.0. The maximum Gasteiger partial charge on any atom is 0.242 e. The van der Waals surface area contributed by atoms with E-state index in [1.807, 2.05) is 12.1 Å². The summed E-state index contributed by atoms with van der Waals surface area (Å²) in [6, 6.07) is 3.27. The van der Waals surface area contributed by atoms with Gasteiger partial charge in [-0.3, -0.25) is 4.79 Å². The fourth-order valence-electron chi connectivity index (χ4n) is 1.80. The zero-order valence-electron chi connectivity index (χ0n) is 12.0. The molecule has 1 heterocycles. The van der Waals surface area contributed by atoms with E-state index in [9.17, 15) is 4.79 Å². The van der Waals surface area contributed by atoms with Crippen LogP contribution in [-0.4, -0.2) is 30.0 Å². The Kier molecular flexibility index (Phi) is 6.29. The summed E-state index contributed by atoms with van der Waals surface area (Å²) in [5.74, 6) is 0.318. The molecule has 0 saturated heterocycles. The number of nitrogens with two attached hydrogens (primary N) is 1. The first-order valence-electron chi connectivity index (χ1n) is 6.85. The van der Waals surface area contributed by atoms with Crippen molar-refractivity contribution in [2.24, 2.45) is 5.73 Å². The summed E-state index contributed by atoms with van der Waals surface area (Å²) in [5.41, 5.74) is 6.58. The smallest absolute Gasteiger partial charge is 0.242 e. The monoisotopic (exact) mass is 264 g/mol. The van der Waals surface area contributed by atoms with Gasteiger partial charge in [-0.2, -0.15) is 0 Å². The average molecular weight is 264 g/mol. The van der Waals surface area contributed by atoms with Crippen LogP contribution in [0.4, 0.5) is 11.5 Å². The van der Waals surface area contributed by atoms with Gasteiger partial charge >= 0.3 is 0 Å². The molecule has 1 rings (SSSR count). The van der Waals surface area contributed by atoms with Gasteiger partial charge in [0.2, 0.25) is 5.91 Å². The van der Waals surface area contributed by atoms with Crippen LogP contribution in [0.3, 0.4) is 0 Å². The van der Waals surface area contributed by atoms with E-state index in [1.165, 1.54) is 0 Å². The van der Waals surface area contributed by atoms with E-state index in [0.717, 1.165) is 31.6 Å². The average Bonchev–Trinajstić information content (AvgIpc) is 2.39. The van der Waals surface area contributed by atoms with E-state index < -0.39 is 6.04 Å². The molecule has 0 spiro atoms. The maximum atomic E-state index is 11.4. The lowest BCUT2D eigenvalue weighted by atomic mass is 10.3. The van der Waals surface area contributed by atoms with Crippen molar-refractivity contribution in [1.29, 1.82) is 0 Å². The molecule has 5 nitrogen and oxygen atoms in total. The van der Waals surface area contributed by atoms with Crippen LogP contribution in [0.15, 0.2) is 18.3 Å². The topological polar surface area (TPSA) is 71.2 Å². The molecular weight excluding hydrogens is 240 g/mol. The molecule has 0 aliphatic carbocycles. The Labute approximate surface area is 115 Å². The molecule has 1 amide bonds. The molecule has 3 N–H and O–H groups in total. The lowest BCUT2D eigenvalue weighted by Crippen LogP contribution is -2.32. The Morgan fingerprint density at radius 2 is 2.00 bits per heavy atom. The molecule has 0 radical (unpaired) electrons. The van der Waals surface area contributed by atoms with Gasteiger partial charge in [-0.25, -0.2) is 4.98 Å². The van der Waals surface area contributed by atoms with Crippen LogP contribution in [-0.2, 0) is 4.79 Å². The Balaban J connectivity index is 2.71. The van der Waals surface area contributed by atoms with Crippen LogP contribution in [0.25, 0.3) is 0 Å². The number of amides is 1. The highest BCUT2D eigenvalue weighted by atomic mass is 16.2. The van der Waals surface area contributed by atoms with Gasteiger partial charge in [0.1, 0.15) is 5.82 Å². The summed E-state index contributed by atoms with van der Waals surface area (Å²) < 4.78 is 0. The molecule has 19 heavy (non-hydrogen) atoms. The van der Waals surface area contributed by atoms with Gasteiger partial charge in [-0.05, 0) is 31.9 Å². The molecule has 1 aromatic rings. The molecule has 0 aliphatic heterocycles. The van der Waals surface area contributed by atoms with E-state index >= 15 is 0 Å². The van der Waals surface area contributed by atoms with E-state index in [1.54, 1.807) is 13.1 Å². The number of aromatic nitrogens is 1. The second kappa shape index (κ2) is 7.74. The highest BCUT2D eigenvalue weighted by molar-refractivity contribution is 5.93. The van der Waals surface area contributed by atoms with E-state index in [4.69, 9.17) is 5.73 Å². The Morgan fingerprint density at radius 1 is 1.37 bits per heavy atom. The summed E-state index contributed by atoms with van der Waals surface area (Å²) >= 11 is 0. The van der Waals surface area contributed by atoms with Crippen LogP contribution in [0.5, 0.6) is 0 Å². The second-order valence-electron chi connectivity index (χ2n) is 4.67. The number of anilines is 2. The third kappa shape index (κ3) is 4.87. The molecule has 5 heteroatoms. The first-order chi connectivity index (χ1) is 9.08. The van der Waals surface area contributed by atoms with E-state index in [0.29, 0.717) is 5.82 Å². The van der Waals surface area contributed by atoms with Gasteiger partial charge < -0.3 is 16.0 Å². The van der Waals surface area contributed by atoms with Crippen molar-refractivity contribution in [2.45, 2.75) is 39.7 Å². The van der Waals surface area contributed by atoms with Crippen molar-refractivity contribution in [3.05, 3.63) is 18.3 Å². The molecule has 0 fully saturated rings. The lowest BCUT2D eigenvalue weighted by Gasteiger charge is -2.23. The standard InChI is InChI=1S/C14H24N4O/c1-4-8-18(9-5-2)12-6-7-13(16-10-12)17-14(19)11(3)15/h6-7,10-11H,4-5,8-9,15H2,1-3H3,(H,16,17,19). The predicted octanol–water partition coefficient (Wildman–Crippen LogP) is 1.99. The minimum Gasteiger partial charge on any atom is -0.370 e. The van der Waals surface area contributed by atoms with Crippen molar-refractivity contribution in [1.82, 2.24) is 4.98 Å². The van der Waals surface area contributed by atoms with E-state index in [2.05, 4.69) is 29.0 Å². The molecule has 106 valence electrons. The van der Waals surface area contributed by atoms with Gasteiger partial charge in [-0.15, -0.1) is 0 Å². The lowest BCUT2D eigenvalue weighted by molar-refractivity contribution is -0.117. The summed E-state index contributed by atoms with van der Waals surface area (Å²) in [6.07, 6.45) is 3.99. The highest BCUT2D eigenvalue weighted by Gasteiger charge is 2.09. The number of hydrogen-bond donors (Lipinski definition) is 2. The molecule has 1 atom stereocenters. The van der Waals surface area contributed by atoms with Gasteiger partial charge in [0.05, 0.1) is 17.9 Å². The van der Waals surface area contributed by atoms with Crippen molar-refractivity contribution >= 4 is 17.4 Å². The molecule has 0 bridgehead atoms. The Bertz CT molecular complexity index is 383. The van der Waals surface area contributed by atoms with Crippen LogP contribution in [0, 0.1) is 0 Å². The summed E-state index contributed by atoms with van der Waals surface area (Å²) in [7, 11) is 0. The van der Waals surface area contributed by atoms with Crippen molar-refractivity contribution in [3.8, 4) is 0 Å². The first-order valence-corrected chi connectivity index (χ1v) is 6.85. The number of carbonyl (C=O) groups excluding carboxylic acids is 1. The van der Waals surface area contributed by atoms with Crippen molar-refractivity contribution in [3.63, 3.8) is 0 Å². The minimum atomic E-state index is -0.529. The summed E-state index contributed by atoms with van der Waals surface area (Å²) in [4.78, 5) is 18.0. The number of pyridine rings is 1. The van der Waals surface area contributed by atoms with Gasteiger partial charge in [0.15, 0.2) is 0 Å². The third-order valence-corrected chi connectivity index (χ3v) is 2.76. The molecule has 1 unspecified atom stereocenters. The van der Waals surface area contributed by atoms with Gasteiger partial charge in [0.25, 0.3) is 0 Å². The van der Waals surface area contributed by atoms with Gasteiger partial charge in [-0.1, -0.05) is 13.8 Å². The zero-order chi connectivity index (χ0) is 14.3. The number of nitrogens with one attached hydrogen (secondary N) is 1. The predicted molar refractivity (Wildman–Crippen MR) is 79.3 cm³/mol. The number of nitrogens with zero attached hydrogens (tertiary/aromatic N) is 2. The quantitative estimate of drug-likeness (QED) is 0.790. The third-order valence-electron chi connectivity index (χ3n) is 2.76. The minimum absolute atomic E-state index is 0.223. The van der Waals surface area contributed by atoms with Crippen molar-refractivity contribution in [2.75, 3.05) is 23.3 Å². The van der Waals surface area contributed by atoms with Crippen molar-refractivity contribution < 1.29 is 4.79 Å². The largest absolute Gasteiger partial charge is 0.370 e. The number of rotatable bonds is 7. The molecular formula is C14H24N4O. The first kappa shape index (κ1) is 15.4. The van der Waals surface area contributed by atoms with Crippen LogP contribution >= 0.6 is 0 Å². The fraction of sp³-hybridized carbons (Fsp3) is 0.571. The molecule has 0 aliphatic rings. The normalized spacial score (nSPS) is 12.0. The SMILES string of the molecule is CCCN(CCC)c1ccc(NC(=O)C(C)N)nc1. The van der Waals surface area contributed by atoms with Crippen LogP contribution < -0.4 is 16.0 Å². The second-order valence-corrected chi connectivity index (χ2v) is 4.67. The van der Waals surface area contributed by atoms with Gasteiger partial charge in [0, 0.05) is 13.1 Å². The van der Waals surface area contributed by atoms with Crippen LogP contribution in [0.2, 0.25) is 0 Å². The molecule has 0 saturated carbocycles. The Morgan fingerprint density at radius 3 is 2.42 bits per heavy atom. The number of carbonyl (C=O) groups is 1. The fourth-order valence-corrected chi connectivity index (χ4v) is 1.80. The van der Waals surface area contributed by atoms with E-state index in [-0.39, 0.29) is 5.91 Å². The van der Waals surface area contributed by atoms with Crippen LogP contribution in [0.1, 0.15) is 33.6 Å². The molecule has 0 aromatic carbocycles. The highest BCUT2D eigenvalue weighted by Crippen LogP contribution is 2.16. The maximum absolute atomic E-state index is 11.4. The number of hydrogen-bond acceptors (Lipinski definition) is 4. The summed E-state index contributed by atoms with van der Waals surface area (Å²) in [6.45, 7) is 8.00. The Hall–Kier alpha value is -1.62. The molecule has 1 aromatic heterocycles. The summed E-state index contributed by atoms with van der Waals surface area (Å²) in [5, 5.41) is 2.68.